The molecule has 0 heterocycles. The quantitative estimate of drug-likeness (QED) is 0.619. The van der Waals surface area contributed by atoms with Crippen molar-refractivity contribution in [2.75, 3.05) is 0 Å². The second-order valence-electron chi connectivity index (χ2n) is 1.85. The molecule has 8 heavy (non-hydrogen) atoms. The van der Waals surface area contributed by atoms with E-state index >= 15 is 0 Å². The number of rotatable bonds is 2. The first-order chi connectivity index (χ1) is 3.93. The molecule has 0 saturated heterocycles. The number of hydrogen-bond donors (Lipinski definition) is 0. The summed E-state index contributed by atoms with van der Waals surface area (Å²) in [6.07, 6.45) is 8.02. The fourth-order valence-electron chi connectivity index (χ4n) is 0.805. The molecule has 1 rings (SSSR count). The number of hydrogen-bond acceptors (Lipinski definition) is 0. The minimum absolute atomic E-state index is 0.0469. The van der Waals surface area contributed by atoms with Crippen molar-refractivity contribution < 1.29 is 23.2 Å². The Labute approximate surface area is 62.2 Å². The van der Waals surface area contributed by atoms with Crippen LogP contribution >= 0.6 is 0 Å². The van der Waals surface area contributed by atoms with Crippen LogP contribution in [0.4, 0.5) is 0 Å². The molecule has 1 aliphatic rings. The van der Waals surface area contributed by atoms with Crippen molar-refractivity contribution in [3.8, 4) is 0 Å². The Morgan fingerprint density at radius 3 is 3.12 bits per heavy atom. The van der Waals surface area contributed by atoms with E-state index < -0.39 is 0 Å². The van der Waals surface area contributed by atoms with Gasteiger partial charge >= 0.3 is 62.2 Å². The zero-order valence-corrected chi connectivity index (χ0v) is 7.60. The summed E-state index contributed by atoms with van der Waals surface area (Å²) in [5.41, 5.74) is 0. The van der Waals surface area contributed by atoms with Crippen LogP contribution in [0.1, 0.15) is 13.3 Å². The third-order valence-corrected chi connectivity index (χ3v) is 4.07. The van der Waals surface area contributed by atoms with Crippen LogP contribution in [0.2, 0.25) is 4.13 Å². The van der Waals surface area contributed by atoms with Gasteiger partial charge in [0, 0.05) is 0 Å². The third-order valence-electron chi connectivity index (χ3n) is 1.18. The topological polar surface area (TPSA) is 0 Å². The van der Waals surface area contributed by atoms with E-state index in [1.54, 1.807) is 3.28 Å². The van der Waals surface area contributed by atoms with Gasteiger partial charge in [0.2, 0.25) is 0 Å². The van der Waals surface area contributed by atoms with Crippen molar-refractivity contribution in [2.24, 2.45) is 0 Å². The maximum atomic E-state index is 2.30. The SMILES string of the molecule is C[CH2][Zr][C]1=CC=CC1. The van der Waals surface area contributed by atoms with Gasteiger partial charge in [-0.05, 0) is 0 Å². The van der Waals surface area contributed by atoms with Crippen molar-refractivity contribution in [3.63, 3.8) is 0 Å². The fraction of sp³-hybridized carbons (Fsp3) is 0.429. The van der Waals surface area contributed by atoms with Gasteiger partial charge in [-0.1, -0.05) is 0 Å². The first-order valence-electron chi connectivity index (χ1n) is 3.03. The molecule has 0 N–H and O–H groups in total. The summed E-state index contributed by atoms with van der Waals surface area (Å²) < 4.78 is 3.22. The van der Waals surface area contributed by atoms with Gasteiger partial charge in [-0.3, -0.25) is 0 Å². The van der Waals surface area contributed by atoms with Gasteiger partial charge < -0.3 is 0 Å². The molecule has 0 aliphatic heterocycles. The molecule has 0 aromatic carbocycles. The minimum atomic E-state index is -0.0469. The van der Waals surface area contributed by atoms with Gasteiger partial charge in [0.1, 0.15) is 0 Å². The van der Waals surface area contributed by atoms with E-state index in [9.17, 15) is 0 Å². The molecule has 0 spiro atoms. The Kier molecular flexibility index (Phi) is 2.76. The molecule has 0 amide bonds. The molecule has 0 radical (unpaired) electrons. The van der Waals surface area contributed by atoms with E-state index in [0.717, 1.165) is 0 Å². The predicted molar refractivity (Wildman–Crippen MR) is 32.3 cm³/mol. The normalized spacial score (nSPS) is 16.4. The van der Waals surface area contributed by atoms with Crippen molar-refractivity contribution in [3.05, 3.63) is 21.5 Å². The maximum absolute atomic E-state index is 2.30. The Hall–Kier alpha value is 0.363. The van der Waals surface area contributed by atoms with E-state index in [-0.39, 0.29) is 23.2 Å². The van der Waals surface area contributed by atoms with Crippen LogP contribution in [-0.2, 0) is 23.2 Å². The zero-order valence-electron chi connectivity index (χ0n) is 5.15. The van der Waals surface area contributed by atoms with E-state index in [0.29, 0.717) is 0 Å². The molecule has 0 saturated carbocycles. The molecule has 0 bridgehead atoms. The van der Waals surface area contributed by atoms with Crippen molar-refractivity contribution in [1.29, 1.82) is 0 Å². The third kappa shape index (κ3) is 1.70. The summed E-state index contributed by atoms with van der Waals surface area (Å²) >= 11 is -0.0469. The van der Waals surface area contributed by atoms with E-state index in [1.807, 2.05) is 0 Å². The fourth-order valence-corrected chi connectivity index (χ4v) is 3.09. The molecular formula is C7H10Zr. The Morgan fingerprint density at radius 2 is 2.62 bits per heavy atom. The molecular weight excluding hydrogens is 175 g/mol. The molecule has 1 aliphatic carbocycles. The van der Waals surface area contributed by atoms with Crippen LogP contribution in [0, 0.1) is 0 Å². The monoisotopic (exact) mass is 184 g/mol. The summed E-state index contributed by atoms with van der Waals surface area (Å²) in [5, 5.41) is 0. The summed E-state index contributed by atoms with van der Waals surface area (Å²) in [4.78, 5) is 0. The first-order valence-corrected chi connectivity index (χ1v) is 5.99. The Morgan fingerprint density at radius 1 is 1.75 bits per heavy atom. The Balaban J connectivity index is 2.28. The van der Waals surface area contributed by atoms with Gasteiger partial charge in [-0.15, -0.1) is 0 Å². The molecule has 0 aromatic rings. The standard InChI is InChI=1S/C5H5.C2H5.Zr/c1-2-4-5-3-1;1-2;/h1-3H,4H2;1H2,2H3;. The molecule has 0 atom stereocenters. The summed E-state index contributed by atoms with van der Waals surface area (Å²) in [6.45, 7) is 2.30. The van der Waals surface area contributed by atoms with Gasteiger partial charge in [0.25, 0.3) is 0 Å². The molecule has 1 heteroatoms. The summed E-state index contributed by atoms with van der Waals surface area (Å²) in [5.74, 6) is 0. The van der Waals surface area contributed by atoms with Gasteiger partial charge in [-0.25, -0.2) is 0 Å². The molecule has 0 fully saturated rings. The molecule has 0 aromatic heterocycles. The van der Waals surface area contributed by atoms with Crippen LogP contribution in [-0.4, -0.2) is 0 Å². The van der Waals surface area contributed by atoms with Crippen molar-refractivity contribution in [2.45, 2.75) is 17.5 Å². The van der Waals surface area contributed by atoms with E-state index in [2.05, 4.69) is 25.2 Å². The van der Waals surface area contributed by atoms with Crippen LogP contribution in [0.25, 0.3) is 0 Å². The summed E-state index contributed by atoms with van der Waals surface area (Å²) in [6, 6.07) is 0. The molecule has 0 nitrogen and oxygen atoms in total. The van der Waals surface area contributed by atoms with Crippen LogP contribution in [0.3, 0.4) is 0 Å². The van der Waals surface area contributed by atoms with Gasteiger partial charge in [0.15, 0.2) is 0 Å². The Bertz CT molecular complexity index is 122. The molecule has 0 unspecified atom stereocenters. The second kappa shape index (κ2) is 3.40. The number of allylic oxidation sites excluding steroid dienone is 4. The van der Waals surface area contributed by atoms with Crippen molar-refractivity contribution >= 4 is 0 Å². The van der Waals surface area contributed by atoms with E-state index in [4.69, 9.17) is 0 Å². The zero-order chi connectivity index (χ0) is 5.82. The van der Waals surface area contributed by atoms with Crippen LogP contribution < -0.4 is 0 Å². The van der Waals surface area contributed by atoms with Crippen LogP contribution in [0.5, 0.6) is 0 Å². The first kappa shape index (κ1) is 6.48. The van der Waals surface area contributed by atoms with Gasteiger partial charge in [0.05, 0.1) is 0 Å². The predicted octanol–water partition coefficient (Wildman–Crippen LogP) is 2.35. The molecule has 42 valence electrons. The van der Waals surface area contributed by atoms with Crippen molar-refractivity contribution in [1.82, 2.24) is 0 Å². The van der Waals surface area contributed by atoms with Crippen LogP contribution in [0.15, 0.2) is 21.5 Å². The van der Waals surface area contributed by atoms with E-state index in [1.165, 1.54) is 10.5 Å². The second-order valence-corrected chi connectivity index (χ2v) is 6.04. The average Bonchev–Trinajstić information content (AvgIpc) is 2.19. The summed E-state index contributed by atoms with van der Waals surface area (Å²) in [7, 11) is 0. The average molecular weight is 185 g/mol. The van der Waals surface area contributed by atoms with Gasteiger partial charge in [-0.2, -0.15) is 0 Å².